The van der Waals surface area contributed by atoms with Crippen molar-refractivity contribution in [1.29, 1.82) is 0 Å². The summed E-state index contributed by atoms with van der Waals surface area (Å²) in [5, 5.41) is 7.66. The van der Waals surface area contributed by atoms with Gasteiger partial charge in [0.25, 0.3) is 5.89 Å². The second kappa shape index (κ2) is 4.94. The van der Waals surface area contributed by atoms with E-state index in [1.807, 2.05) is 0 Å². The second-order valence-corrected chi connectivity index (χ2v) is 3.59. The van der Waals surface area contributed by atoms with Crippen molar-refractivity contribution in [2.75, 3.05) is 5.88 Å². The number of aryl methyl sites for hydroxylation is 1. The predicted octanol–water partition coefficient (Wildman–Crippen LogP) is 1.60. The lowest BCUT2D eigenvalue weighted by atomic mass is 10.3. The van der Waals surface area contributed by atoms with Crippen molar-refractivity contribution in [2.45, 2.75) is 12.8 Å². The van der Waals surface area contributed by atoms with Crippen LogP contribution in [0.4, 0.5) is 0 Å². The van der Waals surface area contributed by atoms with E-state index in [2.05, 4.69) is 15.2 Å². The van der Waals surface area contributed by atoms with Crippen LogP contribution in [0.1, 0.15) is 12.3 Å². The largest absolute Gasteiger partial charge is 0.421 e. The Morgan fingerprint density at radius 1 is 1.44 bits per heavy atom. The van der Waals surface area contributed by atoms with E-state index in [0.717, 1.165) is 6.42 Å². The first-order chi connectivity index (χ1) is 7.81. The standard InChI is InChI=1S/C10H10ClN3O2/c11-4-1-2-9-13-14-10(16-9)7-6-12-5-3-8(7)15/h3,5-6H,1-2,4H2,(H,12,15). The molecule has 5 nitrogen and oxygen atoms in total. The molecule has 2 heterocycles. The molecule has 2 aromatic rings. The SMILES string of the molecule is O=c1cc[nH]cc1-c1nnc(CCCCl)o1. The third kappa shape index (κ3) is 2.30. The van der Waals surface area contributed by atoms with Crippen LogP contribution in [-0.2, 0) is 6.42 Å². The van der Waals surface area contributed by atoms with Crippen LogP contribution < -0.4 is 5.43 Å². The third-order valence-electron chi connectivity index (χ3n) is 2.05. The van der Waals surface area contributed by atoms with Crippen LogP contribution >= 0.6 is 11.6 Å². The summed E-state index contributed by atoms with van der Waals surface area (Å²) in [5.41, 5.74) is 0.235. The van der Waals surface area contributed by atoms with Gasteiger partial charge in [-0.1, -0.05) is 0 Å². The lowest BCUT2D eigenvalue weighted by Crippen LogP contribution is -2.02. The molecule has 6 heteroatoms. The van der Waals surface area contributed by atoms with Gasteiger partial charge in [-0.15, -0.1) is 21.8 Å². The Labute approximate surface area is 96.5 Å². The molecule has 0 radical (unpaired) electrons. The van der Waals surface area contributed by atoms with Crippen molar-refractivity contribution in [1.82, 2.24) is 15.2 Å². The van der Waals surface area contributed by atoms with Crippen molar-refractivity contribution in [3.8, 4) is 11.5 Å². The molecule has 84 valence electrons. The van der Waals surface area contributed by atoms with Gasteiger partial charge < -0.3 is 9.40 Å². The van der Waals surface area contributed by atoms with Gasteiger partial charge in [0.2, 0.25) is 5.89 Å². The van der Waals surface area contributed by atoms with Crippen LogP contribution in [0.5, 0.6) is 0 Å². The summed E-state index contributed by atoms with van der Waals surface area (Å²) >= 11 is 5.56. The normalized spacial score (nSPS) is 10.6. The number of H-pyrrole nitrogens is 1. The Kier molecular flexibility index (Phi) is 3.36. The van der Waals surface area contributed by atoms with Gasteiger partial charge in [-0.3, -0.25) is 4.79 Å². The number of halogens is 1. The molecule has 16 heavy (non-hydrogen) atoms. The van der Waals surface area contributed by atoms with Crippen LogP contribution in [0.2, 0.25) is 0 Å². The molecule has 0 unspecified atom stereocenters. The lowest BCUT2D eigenvalue weighted by Gasteiger charge is -1.92. The first-order valence-corrected chi connectivity index (χ1v) is 5.40. The number of hydrogen-bond donors (Lipinski definition) is 1. The summed E-state index contributed by atoms with van der Waals surface area (Å²) in [6.07, 6.45) is 4.49. The molecule has 0 aromatic carbocycles. The zero-order valence-electron chi connectivity index (χ0n) is 8.44. The summed E-state index contributed by atoms with van der Waals surface area (Å²) < 4.78 is 5.35. The molecule has 0 aliphatic rings. The molecule has 0 spiro atoms. The predicted molar refractivity (Wildman–Crippen MR) is 59.4 cm³/mol. The van der Waals surface area contributed by atoms with E-state index >= 15 is 0 Å². The number of alkyl halides is 1. The van der Waals surface area contributed by atoms with Gasteiger partial charge in [0.1, 0.15) is 5.56 Å². The van der Waals surface area contributed by atoms with Gasteiger partial charge in [0, 0.05) is 30.8 Å². The van der Waals surface area contributed by atoms with Gasteiger partial charge in [-0.25, -0.2) is 0 Å². The van der Waals surface area contributed by atoms with Crippen molar-refractivity contribution in [3.63, 3.8) is 0 Å². The Bertz CT molecular complexity index is 521. The Morgan fingerprint density at radius 2 is 2.31 bits per heavy atom. The quantitative estimate of drug-likeness (QED) is 0.823. The average Bonchev–Trinajstić information content (AvgIpc) is 2.75. The van der Waals surface area contributed by atoms with Gasteiger partial charge in [0.05, 0.1) is 0 Å². The van der Waals surface area contributed by atoms with Crippen LogP contribution in [0.25, 0.3) is 11.5 Å². The molecule has 0 saturated carbocycles. The van der Waals surface area contributed by atoms with Crippen molar-refractivity contribution < 1.29 is 4.42 Å². The average molecular weight is 240 g/mol. The zero-order valence-corrected chi connectivity index (χ0v) is 9.20. The molecule has 1 N–H and O–H groups in total. The topological polar surface area (TPSA) is 71.8 Å². The maximum Gasteiger partial charge on any atom is 0.253 e. The highest BCUT2D eigenvalue weighted by Crippen LogP contribution is 2.13. The molecule has 0 bridgehead atoms. The molecule has 0 atom stereocenters. The van der Waals surface area contributed by atoms with E-state index in [1.165, 1.54) is 6.07 Å². The highest BCUT2D eigenvalue weighted by molar-refractivity contribution is 6.17. The van der Waals surface area contributed by atoms with E-state index in [-0.39, 0.29) is 11.3 Å². The van der Waals surface area contributed by atoms with E-state index in [9.17, 15) is 4.79 Å². The molecular weight excluding hydrogens is 230 g/mol. The molecule has 0 aliphatic heterocycles. The monoisotopic (exact) mass is 239 g/mol. The number of aromatic amines is 1. The summed E-state index contributed by atoms with van der Waals surface area (Å²) in [5.74, 6) is 1.29. The van der Waals surface area contributed by atoms with Crippen molar-refractivity contribution >= 4 is 11.6 Å². The Hall–Kier alpha value is -1.62. The molecule has 0 aliphatic carbocycles. The van der Waals surface area contributed by atoms with Crippen LogP contribution in [0, 0.1) is 0 Å². The molecule has 2 rings (SSSR count). The summed E-state index contributed by atoms with van der Waals surface area (Å²) in [7, 11) is 0. The fourth-order valence-electron chi connectivity index (χ4n) is 1.26. The zero-order chi connectivity index (χ0) is 11.4. The van der Waals surface area contributed by atoms with Crippen LogP contribution in [0.15, 0.2) is 27.7 Å². The lowest BCUT2D eigenvalue weighted by molar-refractivity contribution is 0.502. The first kappa shape index (κ1) is 10.9. The fraction of sp³-hybridized carbons (Fsp3) is 0.300. The maximum atomic E-state index is 11.5. The minimum absolute atomic E-state index is 0.147. The fourth-order valence-corrected chi connectivity index (χ4v) is 1.40. The number of nitrogens with one attached hydrogen (secondary N) is 1. The molecule has 2 aromatic heterocycles. The highest BCUT2D eigenvalue weighted by Gasteiger charge is 2.10. The van der Waals surface area contributed by atoms with Crippen LogP contribution in [-0.4, -0.2) is 21.1 Å². The van der Waals surface area contributed by atoms with Crippen molar-refractivity contribution in [2.24, 2.45) is 0 Å². The van der Waals surface area contributed by atoms with Crippen LogP contribution in [0.3, 0.4) is 0 Å². The highest BCUT2D eigenvalue weighted by atomic mass is 35.5. The second-order valence-electron chi connectivity index (χ2n) is 3.22. The third-order valence-corrected chi connectivity index (χ3v) is 2.31. The number of nitrogens with zero attached hydrogens (tertiary/aromatic N) is 2. The molecular formula is C10H10ClN3O2. The Morgan fingerprint density at radius 3 is 3.06 bits per heavy atom. The number of hydrogen-bond acceptors (Lipinski definition) is 4. The summed E-state index contributed by atoms with van der Waals surface area (Å²) in [6.45, 7) is 0. The van der Waals surface area contributed by atoms with E-state index in [1.54, 1.807) is 12.4 Å². The number of pyridine rings is 1. The van der Waals surface area contributed by atoms with E-state index < -0.39 is 0 Å². The molecule has 0 amide bonds. The van der Waals surface area contributed by atoms with Crippen molar-refractivity contribution in [3.05, 3.63) is 34.6 Å². The first-order valence-electron chi connectivity index (χ1n) is 4.87. The maximum absolute atomic E-state index is 11.5. The van der Waals surface area contributed by atoms with Gasteiger partial charge >= 0.3 is 0 Å². The van der Waals surface area contributed by atoms with Gasteiger partial charge in [-0.2, -0.15) is 0 Å². The number of aromatic nitrogens is 3. The minimum Gasteiger partial charge on any atom is -0.421 e. The Balaban J connectivity index is 2.25. The van der Waals surface area contributed by atoms with Gasteiger partial charge in [-0.05, 0) is 6.42 Å². The summed E-state index contributed by atoms with van der Waals surface area (Å²) in [4.78, 5) is 14.3. The minimum atomic E-state index is -0.147. The van der Waals surface area contributed by atoms with E-state index in [4.69, 9.17) is 16.0 Å². The van der Waals surface area contributed by atoms with E-state index in [0.29, 0.717) is 23.8 Å². The number of rotatable bonds is 4. The van der Waals surface area contributed by atoms with Gasteiger partial charge in [0.15, 0.2) is 5.43 Å². The summed E-state index contributed by atoms with van der Waals surface area (Å²) in [6, 6.07) is 1.41. The smallest absolute Gasteiger partial charge is 0.253 e. The molecule has 0 fully saturated rings. The molecule has 0 saturated heterocycles.